The Morgan fingerprint density at radius 2 is 1.64 bits per heavy atom. The van der Waals surface area contributed by atoms with E-state index in [2.05, 4.69) is 5.32 Å². The van der Waals surface area contributed by atoms with E-state index in [1.54, 1.807) is 13.8 Å². The standard InChI is InChI=1S/C14H16Cl3NO4/c1-6(2)12(14(20)21)18-13(19)7(3)22-11-5-9(16)8(15)4-10(11)17/h4-7,12H,1-3H3,(H,18,19)(H,20,21). The van der Waals surface area contributed by atoms with E-state index in [0.29, 0.717) is 0 Å². The third-order valence-electron chi connectivity index (χ3n) is 2.88. The smallest absolute Gasteiger partial charge is 0.326 e. The number of rotatable bonds is 6. The van der Waals surface area contributed by atoms with E-state index in [1.165, 1.54) is 19.1 Å². The van der Waals surface area contributed by atoms with E-state index in [1.807, 2.05) is 0 Å². The van der Waals surface area contributed by atoms with E-state index >= 15 is 0 Å². The lowest BCUT2D eigenvalue weighted by Crippen LogP contribution is -2.48. The minimum atomic E-state index is -1.11. The van der Waals surface area contributed by atoms with Crippen LogP contribution in [0.25, 0.3) is 0 Å². The van der Waals surface area contributed by atoms with E-state index in [9.17, 15) is 9.59 Å². The fraction of sp³-hybridized carbons (Fsp3) is 0.429. The minimum absolute atomic E-state index is 0.190. The van der Waals surface area contributed by atoms with E-state index in [0.717, 1.165) is 0 Å². The highest BCUT2D eigenvalue weighted by molar-refractivity contribution is 6.43. The number of carboxylic acid groups (broad SMARTS) is 1. The number of aliphatic carboxylic acids is 1. The summed E-state index contributed by atoms with van der Waals surface area (Å²) in [4.78, 5) is 23.1. The minimum Gasteiger partial charge on any atom is -0.480 e. The fourth-order valence-electron chi connectivity index (χ4n) is 1.62. The van der Waals surface area contributed by atoms with Gasteiger partial charge in [0.05, 0.1) is 15.1 Å². The van der Waals surface area contributed by atoms with Crippen molar-refractivity contribution in [2.24, 2.45) is 5.92 Å². The van der Waals surface area contributed by atoms with Crippen molar-refractivity contribution in [3.05, 3.63) is 27.2 Å². The Balaban J connectivity index is 2.80. The molecule has 0 aliphatic rings. The normalized spacial score (nSPS) is 13.6. The van der Waals surface area contributed by atoms with Gasteiger partial charge in [0.15, 0.2) is 6.10 Å². The Bertz CT molecular complexity index is 577. The van der Waals surface area contributed by atoms with E-state index < -0.39 is 24.0 Å². The molecule has 122 valence electrons. The molecule has 22 heavy (non-hydrogen) atoms. The number of ether oxygens (including phenoxy) is 1. The molecule has 2 unspecified atom stereocenters. The molecule has 0 aliphatic carbocycles. The quantitative estimate of drug-likeness (QED) is 0.752. The molecule has 0 heterocycles. The molecule has 1 aromatic carbocycles. The average molecular weight is 369 g/mol. The summed E-state index contributed by atoms with van der Waals surface area (Å²) in [5, 5.41) is 12.2. The van der Waals surface area contributed by atoms with Gasteiger partial charge in [-0.25, -0.2) is 4.79 Å². The predicted octanol–water partition coefficient (Wildman–Crippen LogP) is 3.64. The van der Waals surface area contributed by atoms with Crippen molar-refractivity contribution in [3.63, 3.8) is 0 Å². The zero-order chi connectivity index (χ0) is 17.0. The largest absolute Gasteiger partial charge is 0.480 e. The first-order valence-electron chi connectivity index (χ1n) is 6.47. The third kappa shape index (κ3) is 4.93. The predicted molar refractivity (Wildman–Crippen MR) is 86.0 cm³/mol. The first-order chi connectivity index (χ1) is 10.1. The molecular weight excluding hydrogens is 353 g/mol. The van der Waals surface area contributed by atoms with Crippen LogP contribution in [0.4, 0.5) is 0 Å². The zero-order valence-electron chi connectivity index (χ0n) is 12.2. The number of carbonyl (C=O) groups excluding carboxylic acids is 1. The number of amides is 1. The lowest BCUT2D eigenvalue weighted by atomic mass is 10.0. The summed E-state index contributed by atoms with van der Waals surface area (Å²) in [6.07, 6.45) is -0.949. The van der Waals surface area contributed by atoms with Crippen molar-refractivity contribution in [2.75, 3.05) is 0 Å². The number of carboxylic acids is 1. The molecule has 0 spiro atoms. The van der Waals surface area contributed by atoms with E-state index in [4.69, 9.17) is 44.6 Å². The van der Waals surface area contributed by atoms with Crippen molar-refractivity contribution in [2.45, 2.75) is 32.9 Å². The highest BCUT2D eigenvalue weighted by Gasteiger charge is 2.26. The molecule has 2 atom stereocenters. The summed E-state index contributed by atoms with van der Waals surface area (Å²) < 4.78 is 5.42. The summed E-state index contributed by atoms with van der Waals surface area (Å²) in [6, 6.07) is 1.80. The SMILES string of the molecule is CC(Oc1cc(Cl)c(Cl)cc1Cl)C(=O)NC(C(=O)O)C(C)C. The van der Waals surface area contributed by atoms with Crippen molar-refractivity contribution in [1.29, 1.82) is 0 Å². The first-order valence-corrected chi connectivity index (χ1v) is 7.61. The molecule has 0 saturated carbocycles. The molecule has 8 heteroatoms. The van der Waals surface area contributed by atoms with E-state index in [-0.39, 0.29) is 26.7 Å². The monoisotopic (exact) mass is 367 g/mol. The Morgan fingerprint density at radius 3 is 2.14 bits per heavy atom. The molecule has 0 aliphatic heterocycles. The van der Waals surface area contributed by atoms with Crippen LogP contribution in [0, 0.1) is 5.92 Å². The summed E-state index contributed by atoms with van der Waals surface area (Å²) in [5.41, 5.74) is 0. The van der Waals surface area contributed by atoms with Crippen LogP contribution >= 0.6 is 34.8 Å². The highest BCUT2D eigenvalue weighted by atomic mass is 35.5. The fourth-order valence-corrected chi connectivity index (χ4v) is 2.20. The van der Waals surface area contributed by atoms with Crippen molar-refractivity contribution < 1.29 is 19.4 Å². The molecular formula is C14H16Cl3NO4. The van der Waals surface area contributed by atoms with Crippen LogP contribution in [0.3, 0.4) is 0 Å². The van der Waals surface area contributed by atoms with Crippen molar-refractivity contribution >= 4 is 46.7 Å². The lowest BCUT2D eigenvalue weighted by molar-refractivity contribution is -0.144. The van der Waals surface area contributed by atoms with Crippen LogP contribution in [-0.4, -0.2) is 29.1 Å². The highest BCUT2D eigenvalue weighted by Crippen LogP contribution is 2.34. The second kappa shape index (κ2) is 7.90. The molecule has 0 saturated heterocycles. The van der Waals surface area contributed by atoms with Crippen LogP contribution in [-0.2, 0) is 9.59 Å². The topological polar surface area (TPSA) is 75.6 Å². The van der Waals surface area contributed by atoms with Gasteiger partial charge in [-0.3, -0.25) is 4.79 Å². The van der Waals surface area contributed by atoms with Gasteiger partial charge in [-0.1, -0.05) is 48.7 Å². The van der Waals surface area contributed by atoms with Gasteiger partial charge >= 0.3 is 5.97 Å². The number of halogens is 3. The molecule has 0 fully saturated rings. The maximum atomic E-state index is 12.0. The Morgan fingerprint density at radius 1 is 1.09 bits per heavy atom. The Hall–Kier alpha value is -1.17. The first kappa shape index (κ1) is 18.9. The molecule has 1 aromatic rings. The molecule has 0 bridgehead atoms. The van der Waals surface area contributed by atoms with Crippen LogP contribution < -0.4 is 10.1 Å². The van der Waals surface area contributed by atoms with Gasteiger partial charge in [-0.2, -0.15) is 0 Å². The summed E-state index contributed by atoms with van der Waals surface area (Å²) in [5.74, 6) is -1.75. The number of benzene rings is 1. The van der Waals surface area contributed by atoms with Crippen LogP contribution in [0.15, 0.2) is 12.1 Å². The number of hydrogen-bond acceptors (Lipinski definition) is 3. The molecule has 5 nitrogen and oxygen atoms in total. The Kier molecular flexibility index (Phi) is 6.78. The average Bonchev–Trinajstić information content (AvgIpc) is 2.40. The second-order valence-electron chi connectivity index (χ2n) is 5.03. The Labute approximate surface area is 143 Å². The van der Waals surface area contributed by atoms with Crippen LogP contribution in [0.5, 0.6) is 5.75 Å². The summed E-state index contributed by atoms with van der Waals surface area (Å²) in [7, 11) is 0. The second-order valence-corrected chi connectivity index (χ2v) is 6.25. The van der Waals surface area contributed by atoms with Crippen LogP contribution in [0.2, 0.25) is 15.1 Å². The number of hydrogen-bond donors (Lipinski definition) is 2. The lowest BCUT2D eigenvalue weighted by Gasteiger charge is -2.21. The molecule has 0 aromatic heterocycles. The van der Waals surface area contributed by atoms with Gasteiger partial charge in [-0.15, -0.1) is 0 Å². The van der Waals surface area contributed by atoms with Gasteiger partial charge in [0.1, 0.15) is 11.8 Å². The van der Waals surface area contributed by atoms with Gasteiger partial charge < -0.3 is 15.2 Å². The van der Waals surface area contributed by atoms with Crippen molar-refractivity contribution in [1.82, 2.24) is 5.32 Å². The molecule has 0 radical (unpaired) electrons. The maximum absolute atomic E-state index is 12.0. The van der Waals surface area contributed by atoms with Crippen molar-refractivity contribution in [3.8, 4) is 5.75 Å². The summed E-state index contributed by atoms with van der Waals surface area (Å²) in [6.45, 7) is 4.87. The summed E-state index contributed by atoms with van der Waals surface area (Å²) >= 11 is 17.6. The van der Waals surface area contributed by atoms with Gasteiger partial charge in [-0.05, 0) is 18.9 Å². The number of carbonyl (C=O) groups is 2. The molecule has 2 N–H and O–H groups in total. The molecule has 1 amide bonds. The maximum Gasteiger partial charge on any atom is 0.326 e. The van der Waals surface area contributed by atoms with Gasteiger partial charge in [0.2, 0.25) is 0 Å². The zero-order valence-corrected chi connectivity index (χ0v) is 14.5. The number of nitrogens with one attached hydrogen (secondary N) is 1. The van der Waals surface area contributed by atoms with Gasteiger partial charge in [0, 0.05) is 6.07 Å². The van der Waals surface area contributed by atoms with Gasteiger partial charge in [0.25, 0.3) is 5.91 Å². The van der Waals surface area contributed by atoms with Crippen LogP contribution in [0.1, 0.15) is 20.8 Å². The third-order valence-corrected chi connectivity index (χ3v) is 3.90. The molecule has 1 rings (SSSR count).